The first-order valence-corrected chi connectivity index (χ1v) is 8.03. The third kappa shape index (κ3) is 3.40. The third-order valence-electron chi connectivity index (χ3n) is 3.46. The maximum Gasteiger partial charge on any atom is 0.341 e. The van der Waals surface area contributed by atoms with Gasteiger partial charge in [-0.1, -0.05) is 0 Å². The molecular weight excluding hydrogens is 312 g/mol. The maximum absolute atomic E-state index is 11.8. The number of aryl methyl sites for hydroxylation is 1. The predicted octanol–water partition coefficient (Wildman–Crippen LogP) is 2.52. The van der Waals surface area contributed by atoms with Crippen molar-refractivity contribution in [2.45, 2.75) is 20.0 Å². The van der Waals surface area contributed by atoms with Crippen LogP contribution in [-0.4, -0.2) is 39.4 Å². The molecule has 3 aromatic rings. The molecule has 0 aliphatic rings. The Hall–Kier alpha value is -2.25. The lowest BCUT2D eigenvalue weighted by atomic mass is 10.3. The fourth-order valence-electron chi connectivity index (χ4n) is 2.49. The topological polar surface area (TPSA) is 59.7 Å². The Bertz CT molecular complexity index is 840. The number of hydrogen-bond donors (Lipinski definition) is 0. The molecule has 0 aliphatic carbocycles. The van der Waals surface area contributed by atoms with Crippen LogP contribution in [-0.2, 0) is 17.8 Å². The molecule has 0 aromatic carbocycles. The number of fused-ring (bicyclic) bond motifs is 1. The number of hydrogen-bond acceptors (Lipinski definition) is 6. The Kier molecular flexibility index (Phi) is 4.40. The summed E-state index contributed by atoms with van der Waals surface area (Å²) in [6, 6.07) is 3.54. The molecule has 0 radical (unpaired) electrons. The van der Waals surface area contributed by atoms with Gasteiger partial charge in [0.05, 0.1) is 17.8 Å². The number of thiazole rings is 1. The monoisotopic (exact) mass is 330 g/mol. The second-order valence-electron chi connectivity index (χ2n) is 5.39. The lowest BCUT2D eigenvalue weighted by Gasteiger charge is -2.13. The highest BCUT2D eigenvalue weighted by Crippen LogP contribution is 2.16. The van der Waals surface area contributed by atoms with Crippen LogP contribution in [0.2, 0.25) is 0 Å². The molecule has 3 heterocycles. The zero-order valence-electron chi connectivity index (χ0n) is 13.3. The molecule has 0 spiro atoms. The van der Waals surface area contributed by atoms with Crippen LogP contribution < -0.4 is 0 Å². The minimum atomic E-state index is -0.374. The Balaban J connectivity index is 1.79. The highest BCUT2D eigenvalue weighted by molar-refractivity contribution is 7.11. The van der Waals surface area contributed by atoms with Gasteiger partial charge in [0.15, 0.2) is 5.65 Å². The number of rotatable bonds is 5. The number of carbonyl (C=O) groups is 1. The van der Waals surface area contributed by atoms with Gasteiger partial charge in [-0.15, -0.1) is 11.3 Å². The van der Waals surface area contributed by atoms with Crippen molar-refractivity contribution >= 4 is 23.0 Å². The Labute approximate surface area is 138 Å². The summed E-state index contributed by atoms with van der Waals surface area (Å²) in [6.45, 7) is 3.52. The summed E-state index contributed by atoms with van der Waals surface area (Å²) >= 11 is 1.70. The largest absolute Gasteiger partial charge is 0.465 e. The predicted molar refractivity (Wildman–Crippen MR) is 88.6 cm³/mol. The molecule has 0 unspecified atom stereocenters. The number of methoxy groups -OCH3 is 1. The lowest BCUT2D eigenvalue weighted by molar-refractivity contribution is 0.0602. The molecule has 0 N–H and O–H groups in total. The maximum atomic E-state index is 11.8. The van der Waals surface area contributed by atoms with Gasteiger partial charge in [-0.25, -0.2) is 14.8 Å². The van der Waals surface area contributed by atoms with Crippen LogP contribution in [0.1, 0.15) is 25.9 Å². The summed E-state index contributed by atoms with van der Waals surface area (Å²) in [5.41, 5.74) is 2.00. The van der Waals surface area contributed by atoms with Gasteiger partial charge in [0.1, 0.15) is 5.56 Å². The highest BCUT2D eigenvalue weighted by Gasteiger charge is 2.14. The zero-order chi connectivity index (χ0) is 16.4. The molecule has 6 nitrogen and oxygen atoms in total. The van der Waals surface area contributed by atoms with E-state index in [-0.39, 0.29) is 5.97 Å². The van der Waals surface area contributed by atoms with Crippen LogP contribution in [0.4, 0.5) is 0 Å². The van der Waals surface area contributed by atoms with Gasteiger partial charge >= 0.3 is 5.97 Å². The molecule has 23 heavy (non-hydrogen) atoms. The first kappa shape index (κ1) is 15.6. The van der Waals surface area contributed by atoms with Gasteiger partial charge in [0.2, 0.25) is 0 Å². The van der Waals surface area contributed by atoms with Crippen molar-refractivity contribution in [3.05, 3.63) is 51.9 Å². The molecule has 0 saturated carbocycles. The van der Waals surface area contributed by atoms with Gasteiger partial charge in [-0.2, -0.15) is 0 Å². The first-order chi connectivity index (χ1) is 11.1. The average Bonchev–Trinajstić information content (AvgIpc) is 3.11. The van der Waals surface area contributed by atoms with E-state index in [1.807, 2.05) is 43.0 Å². The van der Waals surface area contributed by atoms with E-state index in [4.69, 9.17) is 4.74 Å². The standard InChI is InChI=1S/C16H18N4O2S/c1-11-17-7-13(23-11)10-19(2)8-12-9-20-6-4-5-14(15(20)18-12)16(21)22-3/h4-7,9H,8,10H2,1-3H3. The van der Waals surface area contributed by atoms with Crippen molar-refractivity contribution in [2.75, 3.05) is 14.2 Å². The SMILES string of the molecule is COC(=O)c1cccn2cc(CN(C)Cc3cnc(C)s3)nc12. The van der Waals surface area contributed by atoms with Crippen LogP contribution in [0, 0.1) is 6.92 Å². The van der Waals surface area contributed by atoms with Crippen LogP contribution in [0.25, 0.3) is 5.65 Å². The summed E-state index contributed by atoms with van der Waals surface area (Å²) in [7, 11) is 3.42. The van der Waals surface area contributed by atoms with Crippen molar-refractivity contribution in [1.29, 1.82) is 0 Å². The number of ether oxygens (including phenoxy) is 1. The summed E-state index contributed by atoms with van der Waals surface area (Å²) in [5, 5.41) is 1.07. The average molecular weight is 330 g/mol. The zero-order valence-corrected chi connectivity index (χ0v) is 14.1. The lowest BCUT2D eigenvalue weighted by Crippen LogP contribution is -2.16. The molecule has 7 heteroatoms. The number of carbonyl (C=O) groups excluding carboxylic acids is 1. The smallest absolute Gasteiger partial charge is 0.341 e. The summed E-state index contributed by atoms with van der Waals surface area (Å²) in [5.74, 6) is -0.374. The van der Waals surface area contributed by atoms with Gasteiger partial charge in [0, 0.05) is 36.6 Å². The normalized spacial score (nSPS) is 11.3. The summed E-state index contributed by atoms with van der Waals surface area (Å²) in [6.07, 6.45) is 5.73. The third-order valence-corrected chi connectivity index (χ3v) is 4.36. The van der Waals surface area contributed by atoms with Crippen LogP contribution in [0.3, 0.4) is 0 Å². The number of nitrogens with zero attached hydrogens (tertiary/aromatic N) is 4. The van der Waals surface area contributed by atoms with E-state index in [2.05, 4.69) is 14.9 Å². The fraction of sp³-hybridized carbons (Fsp3) is 0.312. The number of aromatic nitrogens is 3. The minimum Gasteiger partial charge on any atom is -0.465 e. The number of imidazole rings is 1. The molecular formula is C16H18N4O2S. The van der Waals surface area contributed by atoms with Gasteiger partial charge < -0.3 is 9.14 Å². The van der Waals surface area contributed by atoms with Crippen molar-refractivity contribution in [3.8, 4) is 0 Å². The second-order valence-corrected chi connectivity index (χ2v) is 6.71. The van der Waals surface area contributed by atoms with Gasteiger partial charge in [0.25, 0.3) is 0 Å². The Morgan fingerprint density at radius 3 is 2.96 bits per heavy atom. The van der Waals surface area contributed by atoms with E-state index in [0.29, 0.717) is 17.8 Å². The van der Waals surface area contributed by atoms with E-state index in [1.54, 1.807) is 17.4 Å². The molecule has 3 rings (SSSR count). The molecule has 0 amide bonds. The molecule has 120 valence electrons. The Morgan fingerprint density at radius 2 is 2.26 bits per heavy atom. The van der Waals surface area contributed by atoms with E-state index in [9.17, 15) is 4.79 Å². The summed E-state index contributed by atoms with van der Waals surface area (Å²) < 4.78 is 6.66. The van der Waals surface area contributed by atoms with Crippen LogP contribution >= 0.6 is 11.3 Å². The summed E-state index contributed by atoms with van der Waals surface area (Å²) in [4.78, 5) is 24.1. The van der Waals surface area contributed by atoms with E-state index in [0.717, 1.165) is 17.2 Å². The van der Waals surface area contributed by atoms with E-state index < -0.39 is 0 Å². The molecule has 0 fully saturated rings. The Morgan fingerprint density at radius 1 is 1.43 bits per heavy atom. The molecule has 0 saturated heterocycles. The van der Waals surface area contributed by atoms with E-state index >= 15 is 0 Å². The first-order valence-electron chi connectivity index (χ1n) is 7.21. The van der Waals surface area contributed by atoms with Crippen LogP contribution in [0.5, 0.6) is 0 Å². The number of pyridine rings is 1. The number of esters is 1. The van der Waals surface area contributed by atoms with Crippen LogP contribution in [0.15, 0.2) is 30.7 Å². The molecule has 0 bridgehead atoms. The van der Waals surface area contributed by atoms with Gasteiger partial charge in [-0.05, 0) is 26.1 Å². The molecule has 0 atom stereocenters. The van der Waals surface area contributed by atoms with E-state index in [1.165, 1.54) is 12.0 Å². The van der Waals surface area contributed by atoms with Crippen molar-refractivity contribution < 1.29 is 9.53 Å². The van der Waals surface area contributed by atoms with Crippen molar-refractivity contribution in [3.63, 3.8) is 0 Å². The molecule has 3 aromatic heterocycles. The van der Waals surface area contributed by atoms with Crippen molar-refractivity contribution in [2.24, 2.45) is 0 Å². The fourth-order valence-corrected chi connectivity index (χ4v) is 3.36. The quantitative estimate of drug-likeness (QED) is 0.673. The second kappa shape index (κ2) is 6.47. The highest BCUT2D eigenvalue weighted by atomic mass is 32.1. The molecule has 0 aliphatic heterocycles. The van der Waals surface area contributed by atoms with Crippen molar-refractivity contribution in [1.82, 2.24) is 19.3 Å². The minimum absolute atomic E-state index is 0.374. The van der Waals surface area contributed by atoms with Gasteiger partial charge in [-0.3, -0.25) is 4.90 Å².